The highest BCUT2D eigenvalue weighted by Gasteiger charge is 2.23. The molecule has 0 saturated heterocycles. The first kappa shape index (κ1) is 17.5. The van der Waals surface area contributed by atoms with E-state index in [2.05, 4.69) is 10.3 Å². The minimum atomic E-state index is -0.924. The molecule has 0 bridgehead atoms. The number of nitrogens with one attached hydrogen (secondary N) is 1. The maximum absolute atomic E-state index is 12.2. The summed E-state index contributed by atoms with van der Waals surface area (Å²) >= 11 is 0. The molecule has 1 aromatic carbocycles. The first-order valence-corrected chi connectivity index (χ1v) is 7.89. The van der Waals surface area contributed by atoms with Crippen LogP contribution in [0.15, 0.2) is 30.3 Å². The predicted octanol–water partition coefficient (Wildman–Crippen LogP) is 2.11. The van der Waals surface area contributed by atoms with E-state index in [0.29, 0.717) is 17.2 Å². The lowest BCUT2D eigenvalue weighted by atomic mass is 10.2. The second-order valence-electron chi connectivity index (χ2n) is 5.70. The normalized spacial score (nSPS) is 13.2. The van der Waals surface area contributed by atoms with Crippen LogP contribution in [0.4, 0.5) is 5.82 Å². The Morgan fingerprint density at radius 2 is 2.12 bits per heavy atom. The Morgan fingerprint density at radius 1 is 1.35 bits per heavy atom. The van der Waals surface area contributed by atoms with E-state index in [1.807, 2.05) is 6.07 Å². The van der Waals surface area contributed by atoms with Crippen LogP contribution in [0.3, 0.4) is 0 Å². The van der Waals surface area contributed by atoms with Crippen LogP contribution in [0.2, 0.25) is 0 Å². The van der Waals surface area contributed by atoms with E-state index in [1.54, 1.807) is 25.1 Å². The molecule has 0 aliphatic carbocycles. The van der Waals surface area contributed by atoms with E-state index in [1.165, 1.54) is 13.0 Å². The highest BCUT2D eigenvalue weighted by molar-refractivity contribution is 5.80. The Labute approximate surface area is 149 Å². The predicted molar refractivity (Wildman–Crippen MR) is 90.1 cm³/mol. The molecule has 9 heteroatoms. The average molecular weight is 359 g/mol. The first-order chi connectivity index (χ1) is 12.4. The SMILES string of the molecule is Cc1ccc(O[C@H](C)C(=O)NCc2ccc3c(c2)OCO3)c([N+](=O)[O-])n1. The second kappa shape index (κ2) is 7.26. The molecule has 0 radical (unpaired) electrons. The van der Waals surface area contributed by atoms with E-state index in [9.17, 15) is 14.9 Å². The number of rotatable bonds is 6. The van der Waals surface area contributed by atoms with Crippen molar-refractivity contribution in [3.8, 4) is 17.2 Å². The minimum absolute atomic E-state index is 0.0497. The number of ether oxygens (including phenoxy) is 3. The van der Waals surface area contributed by atoms with Gasteiger partial charge in [-0.1, -0.05) is 6.07 Å². The summed E-state index contributed by atoms with van der Waals surface area (Å²) in [5, 5.41) is 13.8. The summed E-state index contributed by atoms with van der Waals surface area (Å²) < 4.78 is 15.9. The number of fused-ring (bicyclic) bond motifs is 1. The Morgan fingerprint density at radius 3 is 2.88 bits per heavy atom. The highest BCUT2D eigenvalue weighted by Crippen LogP contribution is 2.32. The maximum atomic E-state index is 12.2. The Bertz CT molecular complexity index is 854. The monoisotopic (exact) mass is 359 g/mol. The number of aryl methyl sites for hydroxylation is 1. The molecule has 0 unspecified atom stereocenters. The van der Waals surface area contributed by atoms with E-state index >= 15 is 0 Å². The van der Waals surface area contributed by atoms with Crippen molar-refractivity contribution in [2.45, 2.75) is 26.5 Å². The van der Waals surface area contributed by atoms with Crippen molar-refractivity contribution in [2.24, 2.45) is 0 Å². The molecule has 9 nitrogen and oxygen atoms in total. The van der Waals surface area contributed by atoms with Gasteiger partial charge in [0.05, 0.1) is 0 Å². The van der Waals surface area contributed by atoms with Crippen molar-refractivity contribution in [1.82, 2.24) is 10.3 Å². The number of hydrogen-bond acceptors (Lipinski definition) is 7. The van der Waals surface area contributed by atoms with Gasteiger partial charge in [0.25, 0.3) is 5.91 Å². The van der Waals surface area contributed by atoms with Crippen LogP contribution in [0.1, 0.15) is 18.2 Å². The summed E-state index contributed by atoms with van der Waals surface area (Å²) in [4.78, 5) is 26.5. The fourth-order valence-corrected chi connectivity index (χ4v) is 2.38. The molecule has 136 valence electrons. The van der Waals surface area contributed by atoms with Crippen molar-refractivity contribution < 1.29 is 23.9 Å². The molecule has 1 aromatic heterocycles. The largest absolute Gasteiger partial charge is 0.473 e. The van der Waals surface area contributed by atoms with Gasteiger partial charge in [0, 0.05) is 13.5 Å². The summed E-state index contributed by atoms with van der Waals surface area (Å²) in [5.74, 6) is 0.419. The lowest BCUT2D eigenvalue weighted by Crippen LogP contribution is -2.36. The number of benzene rings is 1. The maximum Gasteiger partial charge on any atom is 0.406 e. The van der Waals surface area contributed by atoms with Crippen LogP contribution in [0.5, 0.6) is 17.2 Å². The fraction of sp³-hybridized carbons (Fsp3) is 0.294. The number of hydrogen-bond donors (Lipinski definition) is 1. The standard InChI is InChI=1S/C17H17N3O6/c1-10-3-5-14(16(19-10)20(22)23)26-11(2)17(21)18-8-12-4-6-13-15(7-12)25-9-24-13/h3-7,11H,8-9H2,1-2H3,(H,18,21)/t11-/m1/s1. The molecule has 0 spiro atoms. The first-order valence-electron chi connectivity index (χ1n) is 7.89. The lowest BCUT2D eigenvalue weighted by Gasteiger charge is -2.14. The number of carbonyl (C=O) groups excluding carboxylic acids is 1. The number of amides is 1. The number of aromatic nitrogens is 1. The van der Waals surface area contributed by atoms with Crippen molar-refractivity contribution in [3.05, 3.63) is 51.7 Å². The van der Waals surface area contributed by atoms with Gasteiger partial charge in [0.2, 0.25) is 12.5 Å². The number of pyridine rings is 1. The molecule has 0 saturated carbocycles. The zero-order valence-electron chi connectivity index (χ0n) is 14.2. The van der Waals surface area contributed by atoms with Crippen LogP contribution >= 0.6 is 0 Å². The zero-order valence-corrected chi connectivity index (χ0v) is 14.2. The molecule has 1 amide bonds. The van der Waals surface area contributed by atoms with Crippen LogP contribution in [-0.4, -0.2) is 28.7 Å². The Kier molecular flexibility index (Phi) is 4.87. The fourth-order valence-electron chi connectivity index (χ4n) is 2.38. The summed E-state index contributed by atoms with van der Waals surface area (Å²) in [6.45, 7) is 3.59. The third-order valence-electron chi connectivity index (χ3n) is 3.73. The highest BCUT2D eigenvalue weighted by atomic mass is 16.7. The molecule has 1 aliphatic heterocycles. The summed E-state index contributed by atoms with van der Waals surface area (Å²) in [6.07, 6.45) is -0.924. The smallest absolute Gasteiger partial charge is 0.406 e. The topological polar surface area (TPSA) is 113 Å². The average Bonchev–Trinajstić information content (AvgIpc) is 3.08. The van der Waals surface area contributed by atoms with Crippen molar-refractivity contribution in [2.75, 3.05) is 6.79 Å². The summed E-state index contributed by atoms with van der Waals surface area (Å²) in [5.41, 5.74) is 1.32. The molecule has 0 fully saturated rings. The molecule has 2 heterocycles. The molecule has 1 aliphatic rings. The molecule has 1 atom stereocenters. The van der Waals surface area contributed by atoms with Crippen molar-refractivity contribution in [1.29, 1.82) is 0 Å². The molecule has 26 heavy (non-hydrogen) atoms. The van der Waals surface area contributed by atoms with Gasteiger partial charge >= 0.3 is 5.82 Å². The van der Waals surface area contributed by atoms with Crippen LogP contribution in [-0.2, 0) is 11.3 Å². The third kappa shape index (κ3) is 3.82. The van der Waals surface area contributed by atoms with Gasteiger partial charge in [0.15, 0.2) is 17.6 Å². The molecule has 3 rings (SSSR count). The van der Waals surface area contributed by atoms with Gasteiger partial charge in [-0.15, -0.1) is 0 Å². The lowest BCUT2D eigenvalue weighted by molar-refractivity contribution is -0.390. The quantitative estimate of drug-likeness (QED) is 0.621. The number of carbonyl (C=O) groups is 1. The third-order valence-corrected chi connectivity index (χ3v) is 3.73. The van der Waals surface area contributed by atoms with E-state index in [-0.39, 0.29) is 19.1 Å². The molecule has 2 aromatic rings. The van der Waals surface area contributed by atoms with Crippen molar-refractivity contribution >= 4 is 11.7 Å². The molecular weight excluding hydrogens is 342 g/mol. The molecular formula is C17H17N3O6. The second-order valence-corrected chi connectivity index (χ2v) is 5.70. The van der Waals surface area contributed by atoms with Crippen molar-refractivity contribution in [3.63, 3.8) is 0 Å². The number of nitro groups is 1. The zero-order chi connectivity index (χ0) is 18.7. The summed E-state index contributed by atoms with van der Waals surface area (Å²) in [7, 11) is 0. The van der Waals surface area contributed by atoms with E-state index < -0.39 is 22.8 Å². The van der Waals surface area contributed by atoms with Crippen LogP contribution < -0.4 is 19.5 Å². The Balaban J connectivity index is 1.61. The minimum Gasteiger partial charge on any atom is -0.473 e. The summed E-state index contributed by atoms with van der Waals surface area (Å²) in [6, 6.07) is 8.38. The Hall–Kier alpha value is -3.36. The van der Waals surface area contributed by atoms with E-state index in [0.717, 1.165) is 5.56 Å². The van der Waals surface area contributed by atoms with Gasteiger partial charge in [-0.2, -0.15) is 0 Å². The van der Waals surface area contributed by atoms with Crippen LogP contribution in [0.25, 0.3) is 0 Å². The number of nitrogens with zero attached hydrogens (tertiary/aromatic N) is 2. The van der Waals surface area contributed by atoms with Gasteiger partial charge in [-0.05, 0) is 46.7 Å². The van der Waals surface area contributed by atoms with Gasteiger partial charge in [-0.3, -0.25) is 4.79 Å². The van der Waals surface area contributed by atoms with Crippen LogP contribution in [0, 0.1) is 17.0 Å². The van der Waals surface area contributed by atoms with Gasteiger partial charge < -0.3 is 29.6 Å². The van der Waals surface area contributed by atoms with Gasteiger partial charge in [0.1, 0.15) is 5.69 Å². The molecule has 1 N–H and O–H groups in total. The van der Waals surface area contributed by atoms with E-state index in [4.69, 9.17) is 14.2 Å². The van der Waals surface area contributed by atoms with Gasteiger partial charge in [-0.25, -0.2) is 0 Å².